The quantitative estimate of drug-likeness (QED) is 0.182. The average molecular weight is 637 g/mol. The van der Waals surface area contributed by atoms with Crippen molar-refractivity contribution in [3.8, 4) is 0 Å². The lowest BCUT2D eigenvalue weighted by Gasteiger charge is -2.29. The third-order valence-electron chi connectivity index (χ3n) is 7.89. The Hall–Kier alpha value is -2.71. The first kappa shape index (κ1) is 34.8. The minimum atomic E-state index is -2.50. The summed E-state index contributed by atoms with van der Waals surface area (Å²) < 4.78 is 12.5. The van der Waals surface area contributed by atoms with Crippen LogP contribution in [0.3, 0.4) is 0 Å². The highest BCUT2D eigenvalue weighted by Gasteiger charge is 2.37. The van der Waals surface area contributed by atoms with E-state index in [1.807, 2.05) is 27.7 Å². The van der Waals surface area contributed by atoms with Gasteiger partial charge in [0.1, 0.15) is 13.2 Å². The van der Waals surface area contributed by atoms with Gasteiger partial charge in [0.25, 0.3) is 5.91 Å². The van der Waals surface area contributed by atoms with Crippen LogP contribution in [0.1, 0.15) is 84.1 Å². The van der Waals surface area contributed by atoms with Crippen LogP contribution in [-0.2, 0) is 28.5 Å². The Morgan fingerprint density at radius 2 is 1.74 bits per heavy atom. The van der Waals surface area contributed by atoms with E-state index >= 15 is 0 Å². The van der Waals surface area contributed by atoms with Crippen LogP contribution in [0.25, 0.3) is 0 Å². The third kappa shape index (κ3) is 10.5. The van der Waals surface area contributed by atoms with Crippen molar-refractivity contribution >= 4 is 53.5 Å². The molecule has 10 nitrogen and oxygen atoms in total. The Morgan fingerprint density at radius 1 is 1.07 bits per heavy atom. The normalized spacial score (nSPS) is 19.1. The summed E-state index contributed by atoms with van der Waals surface area (Å²) in [6, 6.07) is 3.05. The molecule has 1 saturated carbocycles. The van der Waals surface area contributed by atoms with Crippen molar-refractivity contribution in [2.75, 3.05) is 19.9 Å². The number of hydrogen-bond acceptors (Lipinski definition) is 6. The lowest BCUT2D eigenvalue weighted by molar-refractivity contribution is -0.141. The number of halogens is 1. The fourth-order valence-corrected chi connectivity index (χ4v) is 6.54. The Labute approximate surface area is 259 Å². The first-order valence-corrected chi connectivity index (χ1v) is 18.0. The second-order valence-corrected chi connectivity index (χ2v) is 17.1. The minimum Gasteiger partial charge on any atom is -0.356 e. The predicted molar refractivity (Wildman–Crippen MR) is 168 cm³/mol. The van der Waals surface area contributed by atoms with Gasteiger partial charge in [-0.2, -0.15) is 0 Å². The van der Waals surface area contributed by atoms with E-state index in [1.54, 1.807) is 31.5 Å². The van der Waals surface area contributed by atoms with Crippen LogP contribution >= 0.6 is 18.7 Å². The van der Waals surface area contributed by atoms with Gasteiger partial charge in [0.05, 0.1) is 6.04 Å². The summed E-state index contributed by atoms with van der Waals surface area (Å²) in [5, 5.41) is 12.0. The van der Waals surface area contributed by atoms with Crippen LogP contribution < -0.4 is 26.6 Å². The molecule has 1 aliphatic carbocycles. The molecule has 43 heavy (non-hydrogen) atoms. The maximum absolute atomic E-state index is 13.6. The van der Waals surface area contributed by atoms with Gasteiger partial charge in [-0.1, -0.05) is 51.4 Å². The smallest absolute Gasteiger partial charge is 0.289 e. The number of amides is 4. The van der Waals surface area contributed by atoms with E-state index in [2.05, 4.69) is 21.3 Å². The molecule has 238 valence electrons. The van der Waals surface area contributed by atoms with Crippen molar-refractivity contribution in [3.63, 3.8) is 0 Å². The van der Waals surface area contributed by atoms with E-state index in [0.29, 0.717) is 29.7 Å². The van der Waals surface area contributed by atoms with Crippen LogP contribution in [0.15, 0.2) is 18.2 Å². The number of ketones is 1. The molecule has 4 amide bonds. The zero-order chi connectivity index (χ0) is 32.1. The summed E-state index contributed by atoms with van der Waals surface area (Å²) in [5.74, 6) is -3.49. The molecule has 0 aromatic heterocycles. The fourth-order valence-electron chi connectivity index (χ4n) is 5.26. The van der Waals surface area contributed by atoms with Crippen molar-refractivity contribution in [2.45, 2.75) is 96.7 Å². The first-order valence-electron chi connectivity index (χ1n) is 15.1. The molecule has 1 aromatic carbocycles. The Kier molecular flexibility index (Phi) is 11.6. The van der Waals surface area contributed by atoms with Gasteiger partial charge in [-0.15, -0.1) is 0 Å². The SMILES string of the molecule is CC[C@@H](CC(=O)N[C@@H](CC(C)(C)C)C(=O)NC(C[C@@H]1CCNC1=O)C(=O)C(=O)NC1CC1)c1ccc(P(C)(C)=O)cc1Cl. The molecule has 0 bridgehead atoms. The van der Waals surface area contributed by atoms with Crippen molar-refractivity contribution in [1.29, 1.82) is 0 Å². The molecule has 0 radical (unpaired) electrons. The largest absolute Gasteiger partial charge is 0.356 e. The summed E-state index contributed by atoms with van der Waals surface area (Å²) in [7, 11) is -2.50. The fraction of sp³-hybridized carbons (Fsp3) is 0.645. The van der Waals surface area contributed by atoms with E-state index < -0.39 is 42.7 Å². The van der Waals surface area contributed by atoms with Gasteiger partial charge >= 0.3 is 0 Å². The molecule has 2 fully saturated rings. The standard InChI is InChI=1S/C31H46ClN4O6P/c1-7-18(22-11-10-21(16-23(22)32)43(5,6)42)15-26(37)35-25(17-31(2,3)4)29(40)36-24(14-19-12-13-33-28(19)39)27(38)30(41)34-20-8-9-20/h10-11,16,18-20,24-25H,7-9,12-15,17H2,1-6H3,(H,33,39)(H,34,41)(H,35,37)(H,36,40)/t18-,19-,24?,25-/m0/s1. The summed E-state index contributed by atoms with van der Waals surface area (Å²) in [6.45, 7) is 11.6. The second-order valence-electron chi connectivity index (χ2n) is 13.4. The summed E-state index contributed by atoms with van der Waals surface area (Å²) >= 11 is 6.55. The topological polar surface area (TPSA) is 151 Å². The van der Waals surface area contributed by atoms with Gasteiger partial charge in [-0.3, -0.25) is 24.0 Å². The van der Waals surface area contributed by atoms with Crippen molar-refractivity contribution in [3.05, 3.63) is 28.8 Å². The molecule has 1 unspecified atom stereocenters. The van der Waals surface area contributed by atoms with E-state index in [4.69, 9.17) is 11.6 Å². The average Bonchev–Trinajstić information content (AvgIpc) is 3.63. The number of rotatable bonds is 14. The van der Waals surface area contributed by atoms with Crippen molar-refractivity contribution in [1.82, 2.24) is 21.3 Å². The van der Waals surface area contributed by atoms with Gasteiger partial charge in [0, 0.05) is 35.3 Å². The molecule has 1 saturated heterocycles. The van der Waals surface area contributed by atoms with Gasteiger partial charge in [0.2, 0.25) is 23.5 Å². The number of Topliss-reactive ketones (excluding diaryl/α,β-unsaturated/α-hetero) is 1. The van der Waals surface area contributed by atoms with Crippen LogP contribution in [0.2, 0.25) is 5.02 Å². The molecule has 4 N–H and O–H groups in total. The zero-order valence-electron chi connectivity index (χ0n) is 26.1. The lowest BCUT2D eigenvalue weighted by atomic mass is 9.87. The van der Waals surface area contributed by atoms with Crippen molar-refractivity contribution < 1.29 is 28.5 Å². The van der Waals surface area contributed by atoms with Crippen LogP contribution in [0, 0.1) is 11.3 Å². The van der Waals surface area contributed by atoms with Gasteiger partial charge in [0.15, 0.2) is 0 Å². The number of nitrogens with one attached hydrogen (secondary N) is 4. The molecule has 4 atom stereocenters. The van der Waals surface area contributed by atoms with E-state index in [0.717, 1.165) is 18.4 Å². The lowest BCUT2D eigenvalue weighted by Crippen LogP contribution is -2.55. The first-order chi connectivity index (χ1) is 20.0. The third-order valence-corrected chi connectivity index (χ3v) is 9.74. The van der Waals surface area contributed by atoms with Gasteiger partial charge in [-0.05, 0) is 74.8 Å². The van der Waals surface area contributed by atoms with Gasteiger partial charge in [-0.25, -0.2) is 0 Å². The maximum atomic E-state index is 13.6. The molecular formula is C31H46ClN4O6P. The molecule has 1 aliphatic heterocycles. The summed E-state index contributed by atoms with van der Waals surface area (Å²) in [4.78, 5) is 65.0. The Morgan fingerprint density at radius 3 is 2.26 bits per heavy atom. The maximum Gasteiger partial charge on any atom is 0.289 e. The molecule has 12 heteroatoms. The Balaban J connectivity index is 1.76. The van der Waals surface area contributed by atoms with Crippen LogP contribution in [-0.4, -0.2) is 67.4 Å². The molecule has 1 heterocycles. The minimum absolute atomic E-state index is 0.000464. The highest BCUT2D eigenvalue weighted by Crippen LogP contribution is 2.38. The van der Waals surface area contributed by atoms with E-state index in [9.17, 15) is 28.5 Å². The summed E-state index contributed by atoms with van der Waals surface area (Å²) in [5.41, 5.74) is 0.400. The summed E-state index contributed by atoms with van der Waals surface area (Å²) in [6.07, 6.45) is 3.04. The van der Waals surface area contributed by atoms with E-state index in [1.165, 1.54) is 0 Å². The molecular weight excluding hydrogens is 591 g/mol. The van der Waals surface area contributed by atoms with Crippen LogP contribution in [0.5, 0.6) is 0 Å². The zero-order valence-corrected chi connectivity index (χ0v) is 27.7. The van der Waals surface area contributed by atoms with Crippen molar-refractivity contribution in [2.24, 2.45) is 11.3 Å². The van der Waals surface area contributed by atoms with Gasteiger partial charge < -0.3 is 25.8 Å². The molecule has 0 spiro atoms. The number of benzene rings is 1. The highest BCUT2D eigenvalue weighted by molar-refractivity contribution is 7.70. The Bertz CT molecular complexity index is 1290. The predicted octanol–water partition coefficient (Wildman–Crippen LogP) is 3.25. The monoisotopic (exact) mass is 636 g/mol. The number of carbonyl (C=O) groups excluding carboxylic acids is 5. The number of carbonyl (C=O) groups is 5. The number of hydrogen-bond donors (Lipinski definition) is 4. The van der Waals surface area contributed by atoms with E-state index in [-0.39, 0.29) is 48.5 Å². The molecule has 2 aliphatic rings. The second kappa shape index (κ2) is 14.4. The highest BCUT2D eigenvalue weighted by atomic mass is 35.5. The molecule has 1 aromatic rings. The molecule has 3 rings (SSSR count). The van der Waals surface area contributed by atoms with Crippen LogP contribution in [0.4, 0.5) is 0 Å².